The van der Waals surface area contributed by atoms with Gasteiger partial charge < -0.3 is 10.2 Å². The summed E-state index contributed by atoms with van der Waals surface area (Å²) in [7, 11) is 3.50. The highest BCUT2D eigenvalue weighted by Gasteiger charge is 2.36. The summed E-state index contributed by atoms with van der Waals surface area (Å²) in [5.74, 6) is -3.08. The number of aryl methyl sites for hydroxylation is 1. The molecular formula is C17H19F3N4O. The third-order valence-electron chi connectivity index (χ3n) is 4.67. The molecule has 0 radical (unpaired) electrons. The number of likely N-dealkylation sites (tertiary alicyclic amines) is 1. The molecule has 0 aliphatic carbocycles. The van der Waals surface area contributed by atoms with E-state index in [-0.39, 0.29) is 30.1 Å². The molecule has 0 unspecified atom stereocenters. The second kappa shape index (κ2) is 6.87. The first-order chi connectivity index (χ1) is 11.9. The predicted octanol–water partition coefficient (Wildman–Crippen LogP) is 2.29. The van der Waals surface area contributed by atoms with Gasteiger partial charge >= 0.3 is 0 Å². The smallest absolute Gasteiger partial charge is 0.222 e. The van der Waals surface area contributed by atoms with Crippen LogP contribution >= 0.6 is 0 Å². The van der Waals surface area contributed by atoms with Gasteiger partial charge in [-0.3, -0.25) is 9.48 Å². The van der Waals surface area contributed by atoms with Gasteiger partial charge in [0.05, 0.1) is 11.7 Å². The first kappa shape index (κ1) is 17.5. The Balaban J connectivity index is 1.81. The number of hydrogen-bond acceptors (Lipinski definition) is 3. The molecule has 1 aliphatic heterocycles. The van der Waals surface area contributed by atoms with Gasteiger partial charge in [-0.25, -0.2) is 13.2 Å². The van der Waals surface area contributed by atoms with Crippen molar-refractivity contribution in [2.45, 2.75) is 31.5 Å². The van der Waals surface area contributed by atoms with Gasteiger partial charge in [-0.15, -0.1) is 0 Å². The van der Waals surface area contributed by atoms with E-state index in [4.69, 9.17) is 0 Å². The van der Waals surface area contributed by atoms with E-state index in [2.05, 4.69) is 10.4 Å². The number of aromatic nitrogens is 2. The van der Waals surface area contributed by atoms with Gasteiger partial charge in [-0.05, 0) is 18.6 Å². The number of benzene rings is 1. The lowest BCUT2D eigenvalue weighted by Crippen LogP contribution is -2.49. The molecule has 0 bridgehead atoms. The summed E-state index contributed by atoms with van der Waals surface area (Å²) in [6.45, 7) is 0.0318. The van der Waals surface area contributed by atoms with Crippen LogP contribution in [-0.4, -0.2) is 33.7 Å². The zero-order valence-electron chi connectivity index (χ0n) is 14.0. The second-order valence-electron chi connectivity index (χ2n) is 6.21. The molecule has 0 spiro atoms. The zero-order chi connectivity index (χ0) is 18.1. The molecule has 1 fully saturated rings. The average Bonchev–Trinajstić information content (AvgIpc) is 2.98. The molecule has 5 nitrogen and oxygen atoms in total. The quantitative estimate of drug-likeness (QED) is 0.859. The summed E-state index contributed by atoms with van der Waals surface area (Å²) in [6, 6.07) is 2.79. The maximum atomic E-state index is 13.8. The SMILES string of the molecule is CN1C(=O)CC[C@H](NCc2cc(F)c(F)cc2F)[C@H]1c1ccnn1C. The largest absolute Gasteiger partial charge is 0.336 e. The molecule has 1 aliphatic rings. The fourth-order valence-electron chi connectivity index (χ4n) is 3.27. The predicted molar refractivity (Wildman–Crippen MR) is 84.9 cm³/mol. The van der Waals surface area contributed by atoms with Crippen molar-refractivity contribution in [2.75, 3.05) is 7.05 Å². The van der Waals surface area contributed by atoms with Gasteiger partial charge in [0.25, 0.3) is 0 Å². The van der Waals surface area contributed by atoms with Crippen LogP contribution in [0.25, 0.3) is 0 Å². The van der Waals surface area contributed by atoms with Crippen LogP contribution in [0.1, 0.15) is 30.1 Å². The number of likely N-dealkylation sites (N-methyl/N-ethyl adjacent to an activating group) is 1. The number of hydrogen-bond donors (Lipinski definition) is 1. The van der Waals surface area contributed by atoms with E-state index in [0.717, 1.165) is 11.8 Å². The van der Waals surface area contributed by atoms with Crippen molar-refractivity contribution in [1.82, 2.24) is 20.0 Å². The molecule has 0 saturated carbocycles. The van der Waals surface area contributed by atoms with Gasteiger partial charge in [0.2, 0.25) is 5.91 Å². The van der Waals surface area contributed by atoms with Crippen LogP contribution in [0.3, 0.4) is 0 Å². The minimum atomic E-state index is -1.21. The fourth-order valence-corrected chi connectivity index (χ4v) is 3.27. The number of carbonyl (C=O) groups excluding carboxylic acids is 1. The van der Waals surface area contributed by atoms with E-state index in [1.54, 1.807) is 29.9 Å². The number of nitrogens with one attached hydrogen (secondary N) is 1. The van der Waals surface area contributed by atoms with E-state index in [1.165, 1.54) is 0 Å². The molecule has 3 rings (SSSR count). The van der Waals surface area contributed by atoms with Crippen molar-refractivity contribution in [3.8, 4) is 0 Å². The average molecular weight is 352 g/mol. The molecule has 1 N–H and O–H groups in total. The Morgan fingerprint density at radius 3 is 2.60 bits per heavy atom. The summed E-state index contributed by atoms with van der Waals surface area (Å²) in [5.41, 5.74) is 0.890. The van der Waals surface area contributed by atoms with Crippen LogP contribution in [0.5, 0.6) is 0 Å². The van der Waals surface area contributed by atoms with Gasteiger partial charge in [-0.2, -0.15) is 5.10 Å². The number of piperidine rings is 1. The van der Waals surface area contributed by atoms with Crippen molar-refractivity contribution in [3.05, 3.63) is 53.1 Å². The van der Waals surface area contributed by atoms with Crippen molar-refractivity contribution < 1.29 is 18.0 Å². The number of carbonyl (C=O) groups is 1. The Morgan fingerprint density at radius 2 is 1.92 bits per heavy atom. The monoisotopic (exact) mass is 352 g/mol. The standard InChI is InChI=1S/C17H19F3N4O/c1-23-16(25)4-3-14(17(23)15-5-6-22-24(15)2)21-9-10-7-12(19)13(20)8-11(10)18/h5-8,14,17,21H,3-4,9H2,1-2H3/t14-,17-/m0/s1. The fraction of sp³-hybridized carbons (Fsp3) is 0.412. The van der Waals surface area contributed by atoms with Gasteiger partial charge in [0.1, 0.15) is 5.82 Å². The zero-order valence-corrected chi connectivity index (χ0v) is 14.0. The maximum Gasteiger partial charge on any atom is 0.222 e. The molecule has 25 heavy (non-hydrogen) atoms. The summed E-state index contributed by atoms with van der Waals surface area (Å²) in [5, 5.41) is 7.32. The molecule has 2 heterocycles. The van der Waals surface area contributed by atoms with E-state index in [0.29, 0.717) is 18.9 Å². The van der Waals surface area contributed by atoms with Gasteiger partial charge in [0, 0.05) is 50.9 Å². The number of rotatable bonds is 4. The Labute approximate surface area is 143 Å². The minimum Gasteiger partial charge on any atom is -0.336 e. The van der Waals surface area contributed by atoms with Crippen LogP contribution in [0.2, 0.25) is 0 Å². The highest BCUT2D eigenvalue weighted by Crippen LogP contribution is 2.30. The van der Waals surface area contributed by atoms with E-state index in [9.17, 15) is 18.0 Å². The maximum absolute atomic E-state index is 13.8. The lowest BCUT2D eigenvalue weighted by Gasteiger charge is -2.39. The summed E-state index contributed by atoms with van der Waals surface area (Å²) < 4.78 is 41.9. The summed E-state index contributed by atoms with van der Waals surface area (Å²) >= 11 is 0. The van der Waals surface area contributed by atoms with Crippen LogP contribution in [0.4, 0.5) is 13.2 Å². The van der Waals surface area contributed by atoms with E-state index >= 15 is 0 Å². The van der Waals surface area contributed by atoms with E-state index < -0.39 is 17.5 Å². The van der Waals surface area contributed by atoms with Crippen LogP contribution in [-0.2, 0) is 18.4 Å². The van der Waals surface area contributed by atoms with Crippen LogP contribution in [0.15, 0.2) is 24.4 Å². The first-order valence-corrected chi connectivity index (χ1v) is 7.99. The Hall–Kier alpha value is -2.35. The molecule has 1 saturated heterocycles. The third-order valence-corrected chi connectivity index (χ3v) is 4.67. The Morgan fingerprint density at radius 1 is 1.20 bits per heavy atom. The number of nitrogens with zero attached hydrogens (tertiary/aromatic N) is 3. The summed E-state index contributed by atoms with van der Waals surface area (Å²) in [4.78, 5) is 13.7. The van der Waals surface area contributed by atoms with Gasteiger partial charge in [-0.1, -0.05) is 0 Å². The molecular weight excluding hydrogens is 333 g/mol. The van der Waals surface area contributed by atoms with Crippen molar-refractivity contribution in [2.24, 2.45) is 7.05 Å². The molecule has 1 amide bonds. The van der Waals surface area contributed by atoms with E-state index in [1.807, 2.05) is 6.07 Å². The third kappa shape index (κ3) is 3.39. The van der Waals surface area contributed by atoms with Crippen molar-refractivity contribution in [3.63, 3.8) is 0 Å². The van der Waals surface area contributed by atoms with Crippen LogP contribution in [0, 0.1) is 17.5 Å². The number of halogens is 3. The Kier molecular flexibility index (Phi) is 4.80. The molecule has 2 atom stereocenters. The molecule has 1 aromatic heterocycles. The van der Waals surface area contributed by atoms with Gasteiger partial charge in [0.15, 0.2) is 11.6 Å². The van der Waals surface area contributed by atoms with Crippen LogP contribution < -0.4 is 5.32 Å². The highest BCUT2D eigenvalue weighted by atomic mass is 19.2. The normalized spacial score (nSPS) is 21.0. The first-order valence-electron chi connectivity index (χ1n) is 7.99. The molecule has 8 heteroatoms. The van der Waals surface area contributed by atoms with Crippen molar-refractivity contribution >= 4 is 5.91 Å². The second-order valence-corrected chi connectivity index (χ2v) is 6.21. The lowest BCUT2D eigenvalue weighted by molar-refractivity contribution is -0.136. The number of amides is 1. The molecule has 134 valence electrons. The molecule has 2 aromatic rings. The topological polar surface area (TPSA) is 50.2 Å². The van der Waals surface area contributed by atoms with Crippen molar-refractivity contribution in [1.29, 1.82) is 0 Å². The minimum absolute atomic E-state index is 0.0169. The summed E-state index contributed by atoms with van der Waals surface area (Å²) in [6.07, 6.45) is 2.57. The highest BCUT2D eigenvalue weighted by molar-refractivity contribution is 5.77. The Bertz CT molecular complexity index is 792. The lowest BCUT2D eigenvalue weighted by atomic mass is 9.93. The molecule has 1 aromatic carbocycles.